The van der Waals surface area contributed by atoms with Crippen LogP contribution in [0, 0.1) is 6.92 Å². The second-order valence-corrected chi connectivity index (χ2v) is 6.43. The second-order valence-electron chi connectivity index (χ2n) is 6.43. The summed E-state index contributed by atoms with van der Waals surface area (Å²) < 4.78 is 5.10. The third kappa shape index (κ3) is 4.98. The van der Waals surface area contributed by atoms with E-state index in [0.717, 1.165) is 16.9 Å². The fourth-order valence-electron chi connectivity index (χ4n) is 2.76. The van der Waals surface area contributed by atoms with Crippen LogP contribution in [0.25, 0.3) is 0 Å². The van der Waals surface area contributed by atoms with E-state index in [4.69, 9.17) is 4.74 Å². The highest BCUT2D eigenvalue weighted by Gasteiger charge is 2.09. The second kappa shape index (κ2) is 8.86. The van der Waals surface area contributed by atoms with Crippen molar-refractivity contribution < 1.29 is 14.3 Å². The molecule has 5 heteroatoms. The Labute approximate surface area is 164 Å². The van der Waals surface area contributed by atoms with E-state index in [2.05, 4.69) is 10.6 Å². The Balaban J connectivity index is 1.58. The molecule has 5 nitrogen and oxygen atoms in total. The first-order valence-corrected chi connectivity index (χ1v) is 8.94. The molecule has 3 rings (SSSR count). The van der Waals surface area contributed by atoms with Crippen LogP contribution in [0.3, 0.4) is 0 Å². The quantitative estimate of drug-likeness (QED) is 0.680. The van der Waals surface area contributed by atoms with Crippen molar-refractivity contribution in [3.8, 4) is 5.75 Å². The summed E-state index contributed by atoms with van der Waals surface area (Å²) in [7, 11) is 1.59. The summed E-state index contributed by atoms with van der Waals surface area (Å²) in [5.74, 6) is 0.305. The van der Waals surface area contributed by atoms with Gasteiger partial charge in [0.25, 0.3) is 11.8 Å². The summed E-state index contributed by atoms with van der Waals surface area (Å²) in [6.45, 7) is 2.47. The van der Waals surface area contributed by atoms with Crippen molar-refractivity contribution in [2.24, 2.45) is 0 Å². The van der Waals surface area contributed by atoms with Gasteiger partial charge in [-0.1, -0.05) is 29.8 Å². The topological polar surface area (TPSA) is 67.4 Å². The molecular weight excluding hydrogens is 352 g/mol. The van der Waals surface area contributed by atoms with Gasteiger partial charge >= 0.3 is 0 Å². The molecule has 0 aliphatic heterocycles. The number of aryl methyl sites for hydroxylation is 1. The van der Waals surface area contributed by atoms with Crippen molar-refractivity contribution in [3.63, 3.8) is 0 Å². The van der Waals surface area contributed by atoms with Crippen molar-refractivity contribution in [3.05, 3.63) is 95.1 Å². The van der Waals surface area contributed by atoms with Crippen LogP contribution in [0.1, 0.15) is 31.8 Å². The average Bonchev–Trinajstić information content (AvgIpc) is 2.72. The van der Waals surface area contributed by atoms with E-state index in [1.54, 1.807) is 55.6 Å². The van der Waals surface area contributed by atoms with E-state index in [1.807, 2.05) is 31.2 Å². The van der Waals surface area contributed by atoms with Crippen LogP contribution in [-0.2, 0) is 6.54 Å². The zero-order valence-electron chi connectivity index (χ0n) is 15.9. The molecule has 0 aromatic heterocycles. The number of hydrogen-bond acceptors (Lipinski definition) is 3. The van der Waals surface area contributed by atoms with E-state index in [1.165, 1.54) is 0 Å². The lowest BCUT2D eigenvalue weighted by atomic mass is 10.1. The first kappa shape index (κ1) is 19.2. The lowest BCUT2D eigenvalue weighted by Crippen LogP contribution is -2.23. The van der Waals surface area contributed by atoms with Gasteiger partial charge in [0.15, 0.2) is 0 Å². The van der Waals surface area contributed by atoms with Gasteiger partial charge in [0.1, 0.15) is 5.75 Å². The Morgan fingerprint density at radius 2 is 1.50 bits per heavy atom. The smallest absolute Gasteiger partial charge is 0.255 e. The van der Waals surface area contributed by atoms with Gasteiger partial charge in [0, 0.05) is 23.4 Å². The molecule has 0 bridgehead atoms. The molecule has 2 amide bonds. The number of benzene rings is 3. The SMILES string of the molecule is COc1ccc(NC(=O)c2ccc(C(=O)NCc3cccc(C)c3)cc2)cc1. The van der Waals surface area contributed by atoms with Crippen LogP contribution < -0.4 is 15.4 Å². The first-order chi connectivity index (χ1) is 13.5. The number of methoxy groups -OCH3 is 1. The Hall–Kier alpha value is -3.60. The molecule has 0 unspecified atom stereocenters. The summed E-state index contributed by atoms with van der Waals surface area (Å²) in [6, 6.07) is 21.6. The molecule has 142 valence electrons. The van der Waals surface area contributed by atoms with Crippen molar-refractivity contribution in [2.45, 2.75) is 13.5 Å². The Bertz CT molecular complexity index is 964. The molecule has 3 aromatic rings. The molecule has 0 atom stereocenters. The summed E-state index contributed by atoms with van der Waals surface area (Å²) in [5, 5.41) is 5.71. The summed E-state index contributed by atoms with van der Waals surface area (Å²) in [4.78, 5) is 24.7. The number of rotatable bonds is 6. The zero-order chi connectivity index (χ0) is 19.9. The summed E-state index contributed by atoms with van der Waals surface area (Å²) in [5.41, 5.74) is 3.85. The van der Waals surface area contributed by atoms with Crippen LogP contribution in [0.5, 0.6) is 5.75 Å². The van der Waals surface area contributed by atoms with Crippen LogP contribution >= 0.6 is 0 Å². The minimum absolute atomic E-state index is 0.177. The predicted molar refractivity (Wildman–Crippen MR) is 110 cm³/mol. The third-order valence-corrected chi connectivity index (χ3v) is 4.29. The first-order valence-electron chi connectivity index (χ1n) is 8.94. The molecule has 2 N–H and O–H groups in total. The van der Waals surface area contributed by atoms with Gasteiger partial charge in [-0.3, -0.25) is 9.59 Å². The molecule has 0 saturated heterocycles. The number of hydrogen-bond donors (Lipinski definition) is 2. The highest BCUT2D eigenvalue weighted by molar-refractivity contribution is 6.05. The van der Waals surface area contributed by atoms with Gasteiger partial charge in [-0.15, -0.1) is 0 Å². The van der Waals surface area contributed by atoms with Crippen molar-refractivity contribution in [2.75, 3.05) is 12.4 Å². The van der Waals surface area contributed by atoms with Gasteiger partial charge in [-0.2, -0.15) is 0 Å². The van der Waals surface area contributed by atoms with Gasteiger partial charge in [-0.05, 0) is 61.0 Å². The maximum Gasteiger partial charge on any atom is 0.255 e. The van der Waals surface area contributed by atoms with E-state index in [9.17, 15) is 9.59 Å². The maximum atomic E-state index is 12.3. The van der Waals surface area contributed by atoms with Crippen LogP contribution in [0.15, 0.2) is 72.8 Å². The van der Waals surface area contributed by atoms with Crippen molar-refractivity contribution in [1.29, 1.82) is 0 Å². The lowest BCUT2D eigenvalue weighted by Gasteiger charge is -2.08. The number of carbonyl (C=O) groups is 2. The van der Waals surface area contributed by atoms with Gasteiger partial charge in [0.05, 0.1) is 7.11 Å². The van der Waals surface area contributed by atoms with Crippen LogP contribution in [0.4, 0.5) is 5.69 Å². The molecule has 28 heavy (non-hydrogen) atoms. The van der Waals surface area contributed by atoms with E-state index in [-0.39, 0.29) is 11.8 Å². The molecule has 0 spiro atoms. The fraction of sp³-hybridized carbons (Fsp3) is 0.130. The van der Waals surface area contributed by atoms with Crippen molar-refractivity contribution in [1.82, 2.24) is 5.32 Å². The largest absolute Gasteiger partial charge is 0.497 e. The van der Waals surface area contributed by atoms with E-state index < -0.39 is 0 Å². The molecule has 0 radical (unpaired) electrons. The highest BCUT2D eigenvalue weighted by atomic mass is 16.5. The Morgan fingerprint density at radius 1 is 0.857 bits per heavy atom. The van der Waals surface area contributed by atoms with Crippen LogP contribution in [0.2, 0.25) is 0 Å². The lowest BCUT2D eigenvalue weighted by molar-refractivity contribution is 0.0949. The number of nitrogens with one attached hydrogen (secondary N) is 2. The molecule has 3 aromatic carbocycles. The van der Waals surface area contributed by atoms with E-state index in [0.29, 0.717) is 23.4 Å². The molecule has 0 aliphatic rings. The average molecular weight is 374 g/mol. The monoisotopic (exact) mass is 374 g/mol. The fourth-order valence-corrected chi connectivity index (χ4v) is 2.76. The molecule has 0 fully saturated rings. The van der Waals surface area contributed by atoms with Gasteiger partial charge < -0.3 is 15.4 Å². The third-order valence-electron chi connectivity index (χ3n) is 4.29. The predicted octanol–water partition coefficient (Wildman–Crippen LogP) is 4.19. The van der Waals surface area contributed by atoms with Crippen molar-refractivity contribution >= 4 is 17.5 Å². The number of carbonyl (C=O) groups excluding carboxylic acids is 2. The van der Waals surface area contributed by atoms with E-state index >= 15 is 0 Å². The Kier molecular flexibility index (Phi) is 6.07. The standard InChI is InChI=1S/C23H22N2O3/c1-16-4-3-5-17(14-16)15-24-22(26)18-6-8-19(9-7-18)23(27)25-20-10-12-21(28-2)13-11-20/h3-14H,15H2,1-2H3,(H,24,26)(H,25,27). The molecular formula is C23H22N2O3. The number of amides is 2. The van der Waals surface area contributed by atoms with Gasteiger partial charge in [0.2, 0.25) is 0 Å². The van der Waals surface area contributed by atoms with Gasteiger partial charge in [-0.25, -0.2) is 0 Å². The highest BCUT2D eigenvalue weighted by Crippen LogP contribution is 2.16. The Morgan fingerprint density at radius 3 is 2.11 bits per heavy atom. The maximum absolute atomic E-state index is 12.3. The normalized spacial score (nSPS) is 10.2. The summed E-state index contributed by atoms with van der Waals surface area (Å²) in [6.07, 6.45) is 0. The number of ether oxygens (including phenoxy) is 1. The minimum Gasteiger partial charge on any atom is -0.497 e. The number of anilines is 1. The summed E-state index contributed by atoms with van der Waals surface area (Å²) >= 11 is 0. The molecule has 0 aliphatic carbocycles. The van der Waals surface area contributed by atoms with Crippen LogP contribution in [-0.4, -0.2) is 18.9 Å². The molecule has 0 heterocycles. The minimum atomic E-state index is -0.239. The zero-order valence-corrected chi connectivity index (χ0v) is 15.9. The molecule has 0 saturated carbocycles.